The molecule has 0 radical (unpaired) electrons. The van der Waals surface area contributed by atoms with Gasteiger partial charge >= 0.3 is 0 Å². The Bertz CT molecular complexity index is 692. The molecular formula is C18H27N3O4S. The van der Waals surface area contributed by atoms with Crippen LogP contribution in [0.1, 0.15) is 38.4 Å². The van der Waals surface area contributed by atoms with Crippen LogP contribution in [-0.2, 0) is 21.2 Å². The van der Waals surface area contributed by atoms with Crippen molar-refractivity contribution in [1.29, 1.82) is 0 Å². The Hall–Kier alpha value is -1.53. The smallest absolute Gasteiger partial charge is 0.216 e. The zero-order chi connectivity index (χ0) is 18.8. The molecule has 2 heterocycles. The van der Waals surface area contributed by atoms with Gasteiger partial charge in [-0.15, -0.1) is 5.92 Å². The molecule has 8 heteroatoms. The highest BCUT2D eigenvalue weighted by Gasteiger charge is 2.29. The largest absolute Gasteiger partial charge is 0.392 e. The number of ether oxygens (including phenoxy) is 1. The maximum absolute atomic E-state index is 12.5. The lowest BCUT2D eigenvalue weighted by Crippen LogP contribution is -2.43. The standard InChI is InChI=1S/C18H27N3O4S/c1-2-3-14-25-17-8-12-21(13-9-17)26(23,24)15-16(22)6-4-7-18-19-10-5-11-20-18/h5,10-11,16-17,22H,4,6-9,12-15H2,1H3. The van der Waals surface area contributed by atoms with E-state index in [-0.39, 0.29) is 11.9 Å². The van der Waals surface area contributed by atoms with Crippen LogP contribution in [0, 0.1) is 11.8 Å². The van der Waals surface area contributed by atoms with Crippen molar-refractivity contribution in [2.24, 2.45) is 0 Å². The lowest BCUT2D eigenvalue weighted by Gasteiger charge is -2.31. The number of hydrogen-bond acceptors (Lipinski definition) is 6. The van der Waals surface area contributed by atoms with Gasteiger partial charge in [0.25, 0.3) is 0 Å². The average molecular weight is 381 g/mol. The Kier molecular flexibility index (Phi) is 8.45. The van der Waals surface area contributed by atoms with Crippen molar-refractivity contribution in [3.8, 4) is 11.8 Å². The summed E-state index contributed by atoms with van der Waals surface area (Å²) in [5, 5.41) is 10.1. The van der Waals surface area contributed by atoms with Gasteiger partial charge in [-0.3, -0.25) is 0 Å². The molecule has 26 heavy (non-hydrogen) atoms. The molecule has 1 saturated heterocycles. The maximum atomic E-state index is 12.5. The van der Waals surface area contributed by atoms with Crippen LogP contribution in [0.4, 0.5) is 0 Å². The first-order valence-electron chi connectivity index (χ1n) is 8.94. The van der Waals surface area contributed by atoms with Crippen LogP contribution in [-0.4, -0.2) is 65.5 Å². The van der Waals surface area contributed by atoms with E-state index in [0.29, 0.717) is 57.6 Å². The van der Waals surface area contributed by atoms with E-state index in [2.05, 4.69) is 21.8 Å². The van der Waals surface area contributed by atoms with Crippen LogP contribution in [0.5, 0.6) is 0 Å². The van der Waals surface area contributed by atoms with Crippen LogP contribution in [0.25, 0.3) is 0 Å². The van der Waals surface area contributed by atoms with Crippen LogP contribution >= 0.6 is 0 Å². The number of aryl methyl sites for hydroxylation is 1. The van der Waals surface area contributed by atoms with E-state index in [1.165, 1.54) is 4.31 Å². The summed E-state index contributed by atoms with van der Waals surface area (Å²) in [6, 6.07) is 1.75. The number of aromatic nitrogens is 2. The van der Waals surface area contributed by atoms with Crippen LogP contribution in [0.15, 0.2) is 18.5 Å². The highest BCUT2D eigenvalue weighted by Crippen LogP contribution is 2.18. The average Bonchev–Trinajstić information content (AvgIpc) is 2.63. The Labute approximate surface area is 155 Å². The number of piperidine rings is 1. The Balaban J connectivity index is 1.71. The zero-order valence-electron chi connectivity index (χ0n) is 15.2. The number of nitrogens with zero attached hydrogens (tertiary/aromatic N) is 3. The highest BCUT2D eigenvalue weighted by atomic mass is 32.2. The summed E-state index contributed by atoms with van der Waals surface area (Å²) in [5.41, 5.74) is 0. The quantitative estimate of drug-likeness (QED) is 0.642. The van der Waals surface area contributed by atoms with Gasteiger partial charge in [0.2, 0.25) is 10.0 Å². The summed E-state index contributed by atoms with van der Waals surface area (Å²) in [4.78, 5) is 8.24. The Morgan fingerprint density at radius 3 is 2.69 bits per heavy atom. The van der Waals surface area contributed by atoms with Crippen molar-refractivity contribution in [2.45, 2.75) is 51.2 Å². The summed E-state index contributed by atoms with van der Waals surface area (Å²) >= 11 is 0. The van der Waals surface area contributed by atoms with Crippen molar-refractivity contribution in [2.75, 3.05) is 25.4 Å². The molecule has 1 aliphatic heterocycles. The normalized spacial score (nSPS) is 17.5. The van der Waals surface area contributed by atoms with Crippen LogP contribution in [0.3, 0.4) is 0 Å². The first-order valence-corrected chi connectivity index (χ1v) is 10.5. The molecule has 1 N–H and O–H groups in total. The second-order valence-electron chi connectivity index (χ2n) is 6.33. The minimum absolute atomic E-state index is 0.0538. The van der Waals surface area contributed by atoms with Crippen molar-refractivity contribution in [1.82, 2.24) is 14.3 Å². The van der Waals surface area contributed by atoms with E-state index in [9.17, 15) is 13.5 Å². The third-order valence-corrected chi connectivity index (χ3v) is 6.28. The lowest BCUT2D eigenvalue weighted by molar-refractivity contribution is 0.0407. The first kappa shape index (κ1) is 20.8. The lowest BCUT2D eigenvalue weighted by atomic mass is 10.1. The van der Waals surface area contributed by atoms with Crippen molar-refractivity contribution >= 4 is 10.0 Å². The fourth-order valence-electron chi connectivity index (χ4n) is 2.90. The molecule has 0 aromatic carbocycles. The molecule has 1 unspecified atom stereocenters. The Morgan fingerprint density at radius 1 is 1.35 bits per heavy atom. The number of rotatable bonds is 9. The molecule has 0 amide bonds. The fraction of sp³-hybridized carbons (Fsp3) is 0.667. The monoisotopic (exact) mass is 381 g/mol. The molecule has 0 spiro atoms. The summed E-state index contributed by atoms with van der Waals surface area (Å²) in [7, 11) is -3.46. The summed E-state index contributed by atoms with van der Waals surface area (Å²) in [5.74, 6) is 6.09. The van der Waals surface area contributed by atoms with E-state index in [1.54, 1.807) is 25.4 Å². The van der Waals surface area contributed by atoms with E-state index in [4.69, 9.17) is 4.74 Å². The molecule has 1 aliphatic rings. The van der Waals surface area contributed by atoms with E-state index in [0.717, 1.165) is 0 Å². The van der Waals surface area contributed by atoms with Gasteiger partial charge in [0.15, 0.2) is 0 Å². The maximum Gasteiger partial charge on any atom is 0.216 e. The second kappa shape index (κ2) is 10.6. The highest BCUT2D eigenvalue weighted by molar-refractivity contribution is 7.89. The van der Waals surface area contributed by atoms with Crippen LogP contribution < -0.4 is 0 Å². The minimum atomic E-state index is -3.46. The molecule has 144 valence electrons. The molecule has 7 nitrogen and oxygen atoms in total. The molecule has 2 rings (SSSR count). The summed E-state index contributed by atoms with van der Waals surface area (Å²) in [6.07, 6.45) is 5.52. The van der Waals surface area contributed by atoms with E-state index < -0.39 is 16.1 Å². The molecule has 1 aromatic rings. The van der Waals surface area contributed by atoms with Gasteiger partial charge in [0, 0.05) is 31.9 Å². The van der Waals surface area contributed by atoms with Gasteiger partial charge in [-0.2, -0.15) is 0 Å². The summed E-state index contributed by atoms with van der Waals surface area (Å²) in [6.45, 7) is 3.00. The van der Waals surface area contributed by atoms with E-state index in [1.807, 2.05) is 0 Å². The van der Waals surface area contributed by atoms with Gasteiger partial charge in [-0.05, 0) is 38.7 Å². The second-order valence-corrected chi connectivity index (χ2v) is 8.34. The number of sulfonamides is 1. The number of aliphatic hydroxyl groups is 1. The van der Waals surface area contributed by atoms with Gasteiger partial charge in [-0.1, -0.05) is 5.92 Å². The molecule has 0 aliphatic carbocycles. The van der Waals surface area contributed by atoms with Gasteiger partial charge in [0.1, 0.15) is 12.4 Å². The van der Waals surface area contributed by atoms with Crippen molar-refractivity contribution in [3.05, 3.63) is 24.3 Å². The van der Waals surface area contributed by atoms with Crippen LogP contribution in [0.2, 0.25) is 0 Å². The number of hydrogen-bond donors (Lipinski definition) is 1. The summed E-state index contributed by atoms with van der Waals surface area (Å²) < 4.78 is 32.0. The molecule has 1 atom stereocenters. The topological polar surface area (TPSA) is 92.6 Å². The third kappa shape index (κ3) is 7.00. The zero-order valence-corrected chi connectivity index (χ0v) is 16.0. The molecule has 1 fully saturated rings. The van der Waals surface area contributed by atoms with Crippen molar-refractivity contribution in [3.63, 3.8) is 0 Å². The van der Waals surface area contributed by atoms with Gasteiger partial charge < -0.3 is 9.84 Å². The number of aliphatic hydroxyl groups excluding tert-OH is 1. The molecular weight excluding hydrogens is 354 g/mol. The minimum Gasteiger partial charge on any atom is -0.392 e. The molecule has 0 bridgehead atoms. The third-order valence-electron chi connectivity index (χ3n) is 4.32. The predicted molar refractivity (Wildman–Crippen MR) is 98.8 cm³/mol. The van der Waals surface area contributed by atoms with E-state index >= 15 is 0 Å². The first-order chi connectivity index (χ1) is 12.5. The fourth-order valence-corrected chi connectivity index (χ4v) is 4.53. The SMILES string of the molecule is CC#CCOC1CCN(S(=O)(=O)CC(O)CCCc2ncccn2)CC1. The Morgan fingerprint density at radius 2 is 2.04 bits per heavy atom. The predicted octanol–water partition coefficient (Wildman–Crippen LogP) is 0.994. The van der Waals surface area contributed by atoms with Gasteiger partial charge in [0.05, 0.1) is 18.0 Å². The molecule has 0 saturated carbocycles. The van der Waals surface area contributed by atoms with Gasteiger partial charge in [-0.25, -0.2) is 22.7 Å². The molecule has 1 aromatic heterocycles. The van der Waals surface area contributed by atoms with Crippen molar-refractivity contribution < 1.29 is 18.3 Å².